The van der Waals surface area contributed by atoms with E-state index >= 15 is 0 Å². The molecule has 0 unspecified atom stereocenters. The van der Waals surface area contributed by atoms with Crippen LogP contribution in [0.3, 0.4) is 0 Å². The molecule has 1 heterocycles. The standard InChI is InChI=1S/C19H20N2O4S/c1-13(2)14-3-5-15(6-4-14)20-26(24,25)17-9-7-16(8-10-17)21-18(22)11-12-19(21)23/h3-10,13,20H,11-12H2,1-2H3. The quantitative estimate of drug-likeness (QED) is 0.817. The molecular weight excluding hydrogens is 352 g/mol. The molecule has 0 spiro atoms. The number of hydrogen-bond acceptors (Lipinski definition) is 4. The minimum Gasteiger partial charge on any atom is -0.280 e. The average molecular weight is 372 g/mol. The normalized spacial score (nSPS) is 15.0. The molecule has 136 valence electrons. The highest BCUT2D eigenvalue weighted by Gasteiger charge is 2.30. The van der Waals surface area contributed by atoms with Gasteiger partial charge in [-0.1, -0.05) is 26.0 Å². The third-order valence-corrected chi connectivity index (χ3v) is 5.68. The first-order valence-corrected chi connectivity index (χ1v) is 9.85. The molecule has 1 fully saturated rings. The summed E-state index contributed by atoms with van der Waals surface area (Å²) in [5.41, 5.74) is 1.98. The summed E-state index contributed by atoms with van der Waals surface area (Å²) >= 11 is 0. The lowest BCUT2D eigenvalue weighted by Gasteiger charge is -2.15. The van der Waals surface area contributed by atoms with E-state index in [1.54, 1.807) is 12.1 Å². The van der Waals surface area contributed by atoms with Gasteiger partial charge in [0, 0.05) is 18.5 Å². The van der Waals surface area contributed by atoms with Crippen molar-refractivity contribution in [3.8, 4) is 0 Å². The first kappa shape index (κ1) is 18.1. The molecule has 0 bridgehead atoms. The van der Waals surface area contributed by atoms with Gasteiger partial charge in [-0.2, -0.15) is 0 Å². The third kappa shape index (κ3) is 3.62. The van der Waals surface area contributed by atoms with Gasteiger partial charge in [0.05, 0.1) is 10.6 Å². The van der Waals surface area contributed by atoms with Gasteiger partial charge in [-0.05, 0) is 47.9 Å². The van der Waals surface area contributed by atoms with Crippen LogP contribution in [-0.4, -0.2) is 20.2 Å². The minimum absolute atomic E-state index is 0.0632. The molecule has 1 aliphatic heterocycles. The number of sulfonamides is 1. The summed E-state index contributed by atoms with van der Waals surface area (Å²) in [5, 5.41) is 0. The van der Waals surface area contributed by atoms with Crippen LogP contribution in [0.1, 0.15) is 38.2 Å². The maximum absolute atomic E-state index is 12.5. The Hall–Kier alpha value is -2.67. The molecule has 3 rings (SSSR count). The molecule has 1 aliphatic rings. The molecule has 7 heteroatoms. The zero-order valence-corrected chi connectivity index (χ0v) is 15.4. The summed E-state index contributed by atoms with van der Waals surface area (Å²) in [7, 11) is -3.75. The Morgan fingerprint density at radius 3 is 1.92 bits per heavy atom. The van der Waals surface area contributed by atoms with Gasteiger partial charge in [0.25, 0.3) is 10.0 Å². The number of carbonyl (C=O) groups excluding carboxylic acids is 2. The number of benzene rings is 2. The van der Waals surface area contributed by atoms with Crippen LogP contribution in [0.5, 0.6) is 0 Å². The summed E-state index contributed by atoms with van der Waals surface area (Å²) in [5.74, 6) is -0.174. The Kier molecular flexibility index (Phi) is 4.82. The Balaban J connectivity index is 1.79. The van der Waals surface area contributed by atoms with Gasteiger partial charge < -0.3 is 0 Å². The fraction of sp³-hybridized carbons (Fsp3) is 0.263. The van der Waals surface area contributed by atoms with E-state index in [9.17, 15) is 18.0 Å². The van der Waals surface area contributed by atoms with Crippen LogP contribution >= 0.6 is 0 Å². The number of hydrogen-bond donors (Lipinski definition) is 1. The molecule has 0 radical (unpaired) electrons. The van der Waals surface area contributed by atoms with Crippen molar-refractivity contribution >= 4 is 33.2 Å². The van der Waals surface area contributed by atoms with E-state index in [4.69, 9.17) is 0 Å². The van der Waals surface area contributed by atoms with E-state index in [1.165, 1.54) is 24.3 Å². The molecule has 0 saturated carbocycles. The summed E-state index contributed by atoms with van der Waals surface area (Å²) in [6.07, 6.45) is 0.375. The Morgan fingerprint density at radius 1 is 0.885 bits per heavy atom. The van der Waals surface area contributed by atoms with Gasteiger partial charge in [-0.3, -0.25) is 19.2 Å². The highest BCUT2D eigenvalue weighted by atomic mass is 32.2. The van der Waals surface area contributed by atoms with Gasteiger partial charge in [0.15, 0.2) is 0 Å². The van der Waals surface area contributed by atoms with Gasteiger partial charge in [-0.15, -0.1) is 0 Å². The van der Waals surface area contributed by atoms with E-state index in [-0.39, 0.29) is 29.6 Å². The van der Waals surface area contributed by atoms with Crippen LogP contribution in [0.15, 0.2) is 53.4 Å². The lowest BCUT2D eigenvalue weighted by Crippen LogP contribution is -2.28. The van der Waals surface area contributed by atoms with Crippen molar-refractivity contribution in [2.45, 2.75) is 37.5 Å². The Morgan fingerprint density at radius 2 is 1.42 bits per heavy atom. The van der Waals surface area contributed by atoms with Gasteiger partial charge in [0.2, 0.25) is 11.8 Å². The molecule has 0 aromatic heterocycles. The summed E-state index contributed by atoms with van der Waals surface area (Å²) in [6, 6.07) is 12.9. The molecule has 26 heavy (non-hydrogen) atoms. The maximum atomic E-state index is 12.5. The summed E-state index contributed by atoms with van der Waals surface area (Å²) in [6.45, 7) is 4.13. The number of nitrogens with zero attached hydrogens (tertiary/aromatic N) is 1. The third-order valence-electron chi connectivity index (χ3n) is 4.29. The van der Waals surface area contributed by atoms with Gasteiger partial charge in [-0.25, -0.2) is 8.42 Å². The number of nitrogens with one attached hydrogen (secondary N) is 1. The van der Waals surface area contributed by atoms with E-state index < -0.39 is 10.0 Å². The largest absolute Gasteiger partial charge is 0.280 e. The molecule has 1 saturated heterocycles. The zero-order chi connectivity index (χ0) is 18.9. The molecule has 0 atom stereocenters. The van der Waals surface area contributed by atoms with E-state index in [0.717, 1.165) is 10.5 Å². The number of imide groups is 1. The van der Waals surface area contributed by atoms with E-state index in [2.05, 4.69) is 18.6 Å². The van der Waals surface area contributed by atoms with Crippen LogP contribution < -0.4 is 9.62 Å². The lowest BCUT2D eigenvalue weighted by molar-refractivity contribution is -0.121. The van der Waals surface area contributed by atoms with Crippen molar-refractivity contribution in [3.63, 3.8) is 0 Å². The van der Waals surface area contributed by atoms with Gasteiger partial charge >= 0.3 is 0 Å². The Labute approximate surface area is 152 Å². The number of anilines is 2. The predicted octanol–water partition coefficient (Wildman–Crippen LogP) is 3.26. The second-order valence-electron chi connectivity index (χ2n) is 6.50. The van der Waals surface area contributed by atoms with Crippen molar-refractivity contribution in [2.24, 2.45) is 0 Å². The van der Waals surface area contributed by atoms with Crippen LogP contribution in [-0.2, 0) is 19.6 Å². The topological polar surface area (TPSA) is 83.6 Å². The maximum Gasteiger partial charge on any atom is 0.261 e. The minimum atomic E-state index is -3.75. The predicted molar refractivity (Wildman–Crippen MR) is 99.5 cm³/mol. The fourth-order valence-electron chi connectivity index (χ4n) is 2.79. The van der Waals surface area contributed by atoms with Crippen molar-refractivity contribution in [3.05, 3.63) is 54.1 Å². The Bertz CT molecular complexity index is 917. The SMILES string of the molecule is CC(C)c1ccc(NS(=O)(=O)c2ccc(N3C(=O)CCC3=O)cc2)cc1. The molecule has 6 nitrogen and oxygen atoms in total. The van der Waals surface area contributed by atoms with E-state index in [0.29, 0.717) is 17.3 Å². The highest BCUT2D eigenvalue weighted by molar-refractivity contribution is 7.92. The molecule has 2 aromatic carbocycles. The molecule has 1 N–H and O–H groups in total. The number of rotatable bonds is 5. The second kappa shape index (κ2) is 6.92. The van der Waals surface area contributed by atoms with Crippen molar-refractivity contribution in [2.75, 3.05) is 9.62 Å². The highest BCUT2D eigenvalue weighted by Crippen LogP contribution is 2.25. The molecule has 2 aromatic rings. The zero-order valence-electron chi connectivity index (χ0n) is 14.6. The van der Waals surface area contributed by atoms with E-state index in [1.807, 2.05) is 12.1 Å². The number of amides is 2. The molecular formula is C19H20N2O4S. The first-order chi connectivity index (χ1) is 12.3. The van der Waals surface area contributed by atoms with Crippen LogP contribution in [0, 0.1) is 0 Å². The molecule has 0 aliphatic carbocycles. The van der Waals surface area contributed by atoms with Crippen LogP contribution in [0.25, 0.3) is 0 Å². The fourth-order valence-corrected chi connectivity index (χ4v) is 3.85. The summed E-state index contributed by atoms with van der Waals surface area (Å²) < 4.78 is 27.6. The average Bonchev–Trinajstić information content (AvgIpc) is 2.94. The lowest BCUT2D eigenvalue weighted by atomic mass is 10.0. The van der Waals surface area contributed by atoms with Crippen LogP contribution in [0.4, 0.5) is 11.4 Å². The first-order valence-electron chi connectivity index (χ1n) is 8.36. The van der Waals surface area contributed by atoms with Crippen molar-refractivity contribution in [1.29, 1.82) is 0 Å². The number of carbonyl (C=O) groups is 2. The second-order valence-corrected chi connectivity index (χ2v) is 8.18. The monoisotopic (exact) mass is 372 g/mol. The molecule has 2 amide bonds. The summed E-state index contributed by atoms with van der Waals surface area (Å²) in [4.78, 5) is 24.7. The van der Waals surface area contributed by atoms with Crippen molar-refractivity contribution < 1.29 is 18.0 Å². The van der Waals surface area contributed by atoms with Crippen molar-refractivity contribution in [1.82, 2.24) is 0 Å². The smallest absolute Gasteiger partial charge is 0.261 e. The van der Waals surface area contributed by atoms with Crippen LogP contribution in [0.2, 0.25) is 0 Å². The van der Waals surface area contributed by atoms with Gasteiger partial charge in [0.1, 0.15) is 0 Å².